The van der Waals surface area contributed by atoms with Crippen molar-refractivity contribution in [1.29, 1.82) is 0 Å². The van der Waals surface area contributed by atoms with Crippen LogP contribution < -0.4 is 5.32 Å². The third-order valence-corrected chi connectivity index (χ3v) is 3.63. The third-order valence-electron chi connectivity index (χ3n) is 2.70. The van der Waals surface area contributed by atoms with Crippen molar-refractivity contribution in [3.05, 3.63) is 0 Å². The van der Waals surface area contributed by atoms with Crippen LogP contribution in [0.1, 0.15) is 6.42 Å². The molecular weight excluding hydrogens is 228 g/mol. The van der Waals surface area contributed by atoms with Gasteiger partial charge in [-0.25, -0.2) is 8.42 Å². The summed E-state index contributed by atoms with van der Waals surface area (Å²) >= 11 is 0. The van der Waals surface area contributed by atoms with Crippen molar-refractivity contribution >= 4 is 9.84 Å². The third kappa shape index (κ3) is 6.42. The van der Waals surface area contributed by atoms with Gasteiger partial charge in [0.25, 0.3) is 0 Å². The Hall–Kier alpha value is -0.170. The van der Waals surface area contributed by atoms with Crippen molar-refractivity contribution < 1.29 is 13.2 Å². The van der Waals surface area contributed by atoms with Crippen LogP contribution >= 0.6 is 0 Å². The van der Waals surface area contributed by atoms with E-state index in [4.69, 9.17) is 4.74 Å². The van der Waals surface area contributed by atoms with E-state index >= 15 is 0 Å². The van der Waals surface area contributed by atoms with Gasteiger partial charge in [0.2, 0.25) is 0 Å². The summed E-state index contributed by atoms with van der Waals surface area (Å²) in [6.45, 7) is 3.97. The monoisotopic (exact) mass is 250 g/mol. The van der Waals surface area contributed by atoms with E-state index in [0.717, 1.165) is 32.7 Å². The number of nitrogens with one attached hydrogen (secondary N) is 1. The zero-order valence-electron chi connectivity index (χ0n) is 10.1. The SMILES string of the molecule is CN(CCC1COCCN1)CCS(C)(=O)=O. The van der Waals surface area contributed by atoms with E-state index < -0.39 is 9.84 Å². The first-order valence-corrected chi connectivity index (χ1v) is 7.71. The van der Waals surface area contributed by atoms with E-state index in [1.54, 1.807) is 0 Å². The van der Waals surface area contributed by atoms with Crippen molar-refractivity contribution in [3.8, 4) is 0 Å². The van der Waals surface area contributed by atoms with Crippen LogP contribution in [-0.4, -0.2) is 71.3 Å². The summed E-state index contributed by atoms with van der Waals surface area (Å²) in [7, 11) is -0.891. The lowest BCUT2D eigenvalue weighted by atomic mass is 10.2. The minimum Gasteiger partial charge on any atom is -0.379 e. The Morgan fingerprint density at radius 1 is 1.44 bits per heavy atom. The van der Waals surface area contributed by atoms with Gasteiger partial charge in [-0.3, -0.25) is 0 Å². The average molecular weight is 250 g/mol. The van der Waals surface area contributed by atoms with Gasteiger partial charge in [0, 0.05) is 25.4 Å². The molecular formula is C10H22N2O3S. The molecule has 1 saturated heterocycles. The Labute approximate surface area is 98.1 Å². The second-order valence-corrected chi connectivity index (χ2v) is 6.71. The van der Waals surface area contributed by atoms with Gasteiger partial charge >= 0.3 is 0 Å². The first-order chi connectivity index (χ1) is 7.47. The number of ether oxygens (including phenoxy) is 1. The molecule has 1 N–H and O–H groups in total. The Bertz CT molecular complexity index is 286. The van der Waals surface area contributed by atoms with Crippen LogP contribution in [0.25, 0.3) is 0 Å². The second-order valence-electron chi connectivity index (χ2n) is 4.45. The first kappa shape index (κ1) is 13.9. The Balaban J connectivity index is 2.11. The van der Waals surface area contributed by atoms with Crippen LogP contribution in [0, 0.1) is 0 Å². The maximum atomic E-state index is 11.0. The van der Waals surface area contributed by atoms with E-state index in [1.165, 1.54) is 6.26 Å². The highest BCUT2D eigenvalue weighted by Gasteiger charge is 2.13. The number of nitrogens with zero attached hydrogens (tertiary/aromatic N) is 1. The predicted molar refractivity (Wildman–Crippen MR) is 64.4 cm³/mol. The van der Waals surface area contributed by atoms with E-state index in [-0.39, 0.29) is 5.75 Å². The molecule has 96 valence electrons. The zero-order valence-corrected chi connectivity index (χ0v) is 10.9. The normalized spacial score (nSPS) is 22.6. The Morgan fingerprint density at radius 2 is 2.19 bits per heavy atom. The van der Waals surface area contributed by atoms with Crippen molar-refractivity contribution in [2.24, 2.45) is 0 Å². The van der Waals surface area contributed by atoms with Crippen molar-refractivity contribution in [2.45, 2.75) is 12.5 Å². The molecule has 1 atom stereocenters. The van der Waals surface area contributed by atoms with Gasteiger partial charge in [-0.2, -0.15) is 0 Å². The molecule has 1 rings (SSSR count). The van der Waals surface area contributed by atoms with Crippen LogP contribution in [0.5, 0.6) is 0 Å². The van der Waals surface area contributed by atoms with Crippen LogP contribution in [-0.2, 0) is 14.6 Å². The molecule has 0 bridgehead atoms. The molecule has 6 heteroatoms. The highest BCUT2D eigenvalue weighted by molar-refractivity contribution is 7.90. The maximum Gasteiger partial charge on any atom is 0.148 e. The van der Waals surface area contributed by atoms with Gasteiger partial charge in [0.05, 0.1) is 19.0 Å². The maximum absolute atomic E-state index is 11.0. The van der Waals surface area contributed by atoms with Gasteiger partial charge in [0.15, 0.2) is 0 Å². The standard InChI is InChI=1S/C10H22N2O3S/c1-12(6-8-16(2,13)14)5-3-10-9-15-7-4-11-10/h10-11H,3-9H2,1-2H3. The Morgan fingerprint density at radius 3 is 2.75 bits per heavy atom. The van der Waals surface area contributed by atoms with Gasteiger partial charge in [-0.05, 0) is 20.0 Å². The highest BCUT2D eigenvalue weighted by Crippen LogP contribution is 2.00. The molecule has 0 aromatic rings. The molecule has 1 heterocycles. The summed E-state index contributed by atoms with van der Waals surface area (Å²) in [4.78, 5) is 2.05. The molecule has 1 aliphatic heterocycles. The van der Waals surface area contributed by atoms with Crippen LogP contribution in [0.2, 0.25) is 0 Å². The Kier molecular flexibility index (Phi) is 5.68. The summed E-state index contributed by atoms with van der Waals surface area (Å²) in [6.07, 6.45) is 2.28. The van der Waals surface area contributed by atoms with Crippen molar-refractivity contribution in [3.63, 3.8) is 0 Å². The molecule has 1 fully saturated rings. The second kappa shape index (κ2) is 6.54. The fourth-order valence-electron chi connectivity index (χ4n) is 1.61. The highest BCUT2D eigenvalue weighted by atomic mass is 32.2. The van der Waals surface area contributed by atoms with E-state index in [0.29, 0.717) is 12.6 Å². The first-order valence-electron chi connectivity index (χ1n) is 5.65. The lowest BCUT2D eigenvalue weighted by Crippen LogP contribution is -2.43. The van der Waals surface area contributed by atoms with Gasteiger partial charge < -0.3 is 15.0 Å². The summed E-state index contributed by atoms with van der Waals surface area (Å²) in [6, 6.07) is 0.412. The molecule has 1 unspecified atom stereocenters. The van der Waals surface area contributed by atoms with Gasteiger partial charge in [-0.15, -0.1) is 0 Å². The molecule has 0 aromatic heterocycles. The lowest BCUT2D eigenvalue weighted by molar-refractivity contribution is 0.0712. The number of morpholine rings is 1. The number of rotatable bonds is 6. The van der Waals surface area contributed by atoms with Gasteiger partial charge in [0.1, 0.15) is 9.84 Å². The largest absolute Gasteiger partial charge is 0.379 e. The number of hydrogen-bond acceptors (Lipinski definition) is 5. The van der Waals surface area contributed by atoms with Crippen LogP contribution in [0.15, 0.2) is 0 Å². The minimum atomic E-state index is -2.84. The molecule has 1 aliphatic rings. The van der Waals surface area contributed by atoms with Crippen molar-refractivity contribution in [1.82, 2.24) is 10.2 Å². The molecule has 0 saturated carbocycles. The lowest BCUT2D eigenvalue weighted by Gasteiger charge is -2.25. The molecule has 0 aliphatic carbocycles. The summed E-state index contributed by atoms with van der Waals surface area (Å²) in [5.41, 5.74) is 0. The van der Waals surface area contributed by atoms with Crippen LogP contribution in [0.4, 0.5) is 0 Å². The molecule has 0 radical (unpaired) electrons. The van der Waals surface area contributed by atoms with Gasteiger partial charge in [-0.1, -0.05) is 0 Å². The summed E-state index contributed by atoms with van der Waals surface area (Å²) < 4.78 is 27.3. The molecule has 16 heavy (non-hydrogen) atoms. The molecule has 0 spiro atoms. The summed E-state index contributed by atoms with van der Waals surface area (Å²) in [5, 5.41) is 3.38. The number of hydrogen-bond donors (Lipinski definition) is 1. The van der Waals surface area contributed by atoms with Crippen LogP contribution in [0.3, 0.4) is 0 Å². The fourth-order valence-corrected chi connectivity index (χ4v) is 2.26. The van der Waals surface area contributed by atoms with Crippen molar-refractivity contribution in [2.75, 3.05) is 51.9 Å². The van der Waals surface area contributed by atoms with E-state index in [1.807, 2.05) is 7.05 Å². The average Bonchev–Trinajstić information content (AvgIpc) is 2.24. The quantitative estimate of drug-likeness (QED) is 0.678. The van der Waals surface area contributed by atoms with E-state index in [2.05, 4.69) is 10.2 Å². The molecule has 0 amide bonds. The topological polar surface area (TPSA) is 58.6 Å². The fraction of sp³-hybridized carbons (Fsp3) is 1.00. The predicted octanol–water partition coefficient (Wildman–Crippen LogP) is -0.659. The molecule has 5 nitrogen and oxygen atoms in total. The smallest absolute Gasteiger partial charge is 0.148 e. The minimum absolute atomic E-state index is 0.234. The molecule has 0 aromatic carbocycles. The summed E-state index contributed by atoms with van der Waals surface area (Å²) in [5.74, 6) is 0.234. The van der Waals surface area contributed by atoms with E-state index in [9.17, 15) is 8.42 Å². The zero-order chi connectivity index (χ0) is 12.0. The number of sulfone groups is 1.